The van der Waals surface area contributed by atoms with Gasteiger partial charge in [-0.25, -0.2) is 0 Å². The summed E-state index contributed by atoms with van der Waals surface area (Å²) in [6.07, 6.45) is 0.981. The van der Waals surface area contributed by atoms with Crippen molar-refractivity contribution in [2.24, 2.45) is 0 Å². The highest BCUT2D eigenvalue weighted by molar-refractivity contribution is 7.99. The lowest BCUT2D eigenvalue weighted by Crippen LogP contribution is -2.14. The molecule has 1 aromatic heterocycles. The Morgan fingerprint density at radius 3 is 2.35 bits per heavy atom. The fraction of sp³-hybridized carbons (Fsp3) is 0.150. The number of amides is 1. The number of aromatic nitrogens is 2. The molecule has 0 aliphatic heterocycles. The molecule has 1 N–H and O–H groups in total. The summed E-state index contributed by atoms with van der Waals surface area (Å²) in [5.74, 6) is 0.215. The van der Waals surface area contributed by atoms with E-state index in [4.69, 9.17) is 11.6 Å². The first-order valence-electron chi connectivity index (χ1n) is 8.25. The number of rotatable bonds is 6. The summed E-state index contributed by atoms with van der Waals surface area (Å²) in [5.41, 5.74) is 3.77. The second-order valence-electron chi connectivity index (χ2n) is 5.65. The molecule has 0 saturated carbocycles. The fourth-order valence-electron chi connectivity index (χ4n) is 2.33. The van der Waals surface area contributed by atoms with E-state index in [1.807, 2.05) is 60.7 Å². The van der Waals surface area contributed by atoms with Gasteiger partial charge in [-0.3, -0.25) is 4.79 Å². The zero-order valence-electron chi connectivity index (χ0n) is 14.3. The molecule has 26 heavy (non-hydrogen) atoms. The molecule has 0 spiro atoms. The van der Waals surface area contributed by atoms with E-state index in [2.05, 4.69) is 22.4 Å². The molecule has 0 radical (unpaired) electrons. The molecule has 4 nitrogen and oxygen atoms in total. The van der Waals surface area contributed by atoms with E-state index in [-0.39, 0.29) is 11.7 Å². The minimum absolute atomic E-state index is 0.0668. The third-order valence-corrected chi connectivity index (χ3v) is 4.95. The average molecular weight is 384 g/mol. The Morgan fingerprint density at radius 1 is 1.00 bits per heavy atom. The van der Waals surface area contributed by atoms with Crippen molar-refractivity contribution in [3.05, 3.63) is 71.2 Å². The molecule has 3 rings (SSSR count). The van der Waals surface area contributed by atoms with Gasteiger partial charge in [-0.15, -0.1) is 10.2 Å². The standard InChI is InChI=1S/C20H18ClN3OS/c1-2-14-3-9-17(10-4-14)22-19(25)13-26-20-12-11-18(23-24-20)15-5-7-16(21)8-6-15/h3-12H,2,13H2,1H3,(H,22,25). The number of hydrogen-bond donors (Lipinski definition) is 1. The maximum Gasteiger partial charge on any atom is 0.234 e. The van der Waals surface area contributed by atoms with Crippen molar-refractivity contribution in [2.75, 3.05) is 11.1 Å². The van der Waals surface area contributed by atoms with E-state index < -0.39 is 0 Å². The van der Waals surface area contributed by atoms with Crippen molar-refractivity contribution in [1.82, 2.24) is 10.2 Å². The molecular formula is C20H18ClN3OS. The van der Waals surface area contributed by atoms with Crippen molar-refractivity contribution in [3.8, 4) is 11.3 Å². The van der Waals surface area contributed by atoms with Crippen LogP contribution in [0, 0.1) is 0 Å². The highest BCUT2D eigenvalue weighted by Gasteiger charge is 2.06. The van der Waals surface area contributed by atoms with Crippen LogP contribution in [-0.2, 0) is 11.2 Å². The zero-order valence-corrected chi connectivity index (χ0v) is 15.8. The molecule has 132 valence electrons. The summed E-state index contributed by atoms with van der Waals surface area (Å²) >= 11 is 7.25. The highest BCUT2D eigenvalue weighted by Crippen LogP contribution is 2.21. The molecular weight excluding hydrogens is 366 g/mol. The molecule has 1 amide bonds. The van der Waals surface area contributed by atoms with E-state index in [9.17, 15) is 4.79 Å². The average Bonchev–Trinajstić information content (AvgIpc) is 2.68. The molecule has 0 saturated heterocycles. The van der Waals surface area contributed by atoms with Gasteiger partial charge in [0.2, 0.25) is 5.91 Å². The topological polar surface area (TPSA) is 54.9 Å². The number of nitrogens with one attached hydrogen (secondary N) is 1. The van der Waals surface area contributed by atoms with Gasteiger partial charge in [0.1, 0.15) is 5.03 Å². The van der Waals surface area contributed by atoms with Crippen molar-refractivity contribution in [2.45, 2.75) is 18.4 Å². The minimum Gasteiger partial charge on any atom is -0.325 e. The molecule has 0 unspecified atom stereocenters. The number of carbonyl (C=O) groups is 1. The Morgan fingerprint density at radius 2 is 1.73 bits per heavy atom. The Hall–Kier alpha value is -2.37. The van der Waals surface area contributed by atoms with Crippen LogP contribution in [0.15, 0.2) is 65.7 Å². The molecule has 0 bridgehead atoms. The van der Waals surface area contributed by atoms with Gasteiger partial charge in [-0.05, 0) is 48.4 Å². The third-order valence-electron chi connectivity index (χ3n) is 3.78. The van der Waals surface area contributed by atoms with Crippen molar-refractivity contribution in [1.29, 1.82) is 0 Å². The quantitative estimate of drug-likeness (QED) is 0.602. The van der Waals surface area contributed by atoms with Crippen LogP contribution in [0.4, 0.5) is 5.69 Å². The fourth-order valence-corrected chi connectivity index (χ4v) is 3.07. The van der Waals surface area contributed by atoms with Crippen LogP contribution in [0.2, 0.25) is 5.02 Å². The van der Waals surface area contributed by atoms with Crippen molar-refractivity contribution >= 4 is 35.0 Å². The van der Waals surface area contributed by atoms with E-state index in [1.165, 1.54) is 17.3 Å². The maximum atomic E-state index is 12.1. The van der Waals surface area contributed by atoms with Crippen LogP contribution in [0.25, 0.3) is 11.3 Å². The lowest BCUT2D eigenvalue weighted by atomic mass is 10.1. The second kappa shape index (κ2) is 8.83. The minimum atomic E-state index is -0.0668. The van der Waals surface area contributed by atoms with Gasteiger partial charge in [0, 0.05) is 16.3 Å². The van der Waals surface area contributed by atoms with E-state index in [0.717, 1.165) is 23.4 Å². The molecule has 1 heterocycles. The summed E-state index contributed by atoms with van der Waals surface area (Å²) in [4.78, 5) is 12.1. The highest BCUT2D eigenvalue weighted by atomic mass is 35.5. The van der Waals surface area contributed by atoms with Gasteiger partial charge in [0.15, 0.2) is 0 Å². The Balaban J connectivity index is 1.53. The van der Waals surface area contributed by atoms with Crippen LogP contribution in [0.1, 0.15) is 12.5 Å². The number of anilines is 1. The summed E-state index contributed by atoms with van der Waals surface area (Å²) in [6.45, 7) is 2.10. The largest absolute Gasteiger partial charge is 0.325 e. The van der Waals surface area contributed by atoms with Gasteiger partial charge in [0.05, 0.1) is 11.4 Å². The maximum absolute atomic E-state index is 12.1. The van der Waals surface area contributed by atoms with Crippen LogP contribution in [0.5, 0.6) is 0 Å². The predicted molar refractivity (Wildman–Crippen MR) is 108 cm³/mol. The number of halogens is 1. The van der Waals surface area contributed by atoms with Crippen LogP contribution < -0.4 is 5.32 Å². The number of thioether (sulfide) groups is 1. The van der Waals surface area contributed by atoms with Crippen LogP contribution in [-0.4, -0.2) is 21.9 Å². The molecule has 0 aliphatic carbocycles. The van der Waals surface area contributed by atoms with Crippen LogP contribution in [0.3, 0.4) is 0 Å². The monoisotopic (exact) mass is 383 g/mol. The van der Waals surface area contributed by atoms with Gasteiger partial charge in [-0.1, -0.05) is 54.6 Å². The summed E-state index contributed by atoms with van der Waals surface area (Å²) < 4.78 is 0. The SMILES string of the molecule is CCc1ccc(NC(=O)CSc2ccc(-c3ccc(Cl)cc3)nn2)cc1. The van der Waals surface area contributed by atoms with Gasteiger partial charge in [0.25, 0.3) is 0 Å². The van der Waals surface area contributed by atoms with E-state index >= 15 is 0 Å². The summed E-state index contributed by atoms with van der Waals surface area (Å²) in [5, 5.41) is 12.7. The smallest absolute Gasteiger partial charge is 0.234 e. The lowest BCUT2D eigenvalue weighted by molar-refractivity contribution is -0.113. The molecule has 2 aromatic carbocycles. The number of aryl methyl sites for hydroxylation is 1. The van der Waals surface area contributed by atoms with Crippen molar-refractivity contribution in [3.63, 3.8) is 0 Å². The number of nitrogens with zero attached hydrogens (tertiary/aromatic N) is 2. The summed E-state index contributed by atoms with van der Waals surface area (Å²) in [7, 11) is 0. The first kappa shape index (κ1) is 18.4. The van der Waals surface area contributed by atoms with Gasteiger partial charge in [-0.2, -0.15) is 0 Å². The molecule has 3 aromatic rings. The molecule has 6 heteroatoms. The number of benzene rings is 2. The van der Waals surface area contributed by atoms with Gasteiger partial charge >= 0.3 is 0 Å². The molecule has 0 fully saturated rings. The summed E-state index contributed by atoms with van der Waals surface area (Å²) in [6, 6.07) is 19.1. The normalized spacial score (nSPS) is 10.5. The van der Waals surface area contributed by atoms with E-state index in [0.29, 0.717) is 10.0 Å². The Labute approximate surface area is 162 Å². The van der Waals surface area contributed by atoms with Crippen molar-refractivity contribution < 1.29 is 4.79 Å². The third kappa shape index (κ3) is 5.07. The first-order chi connectivity index (χ1) is 12.6. The lowest BCUT2D eigenvalue weighted by Gasteiger charge is -2.06. The van der Waals surface area contributed by atoms with E-state index in [1.54, 1.807) is 0 Å². The zero-order chi connectivity index (χ0) is 18.4. The molecule has 0 atom stereocenters. The number of hydrogen-bond acceptors (Lipinski definition) is 4. The Kier molecular flexibility index (Phi) is 6.26. The Bertz CT molecular complexity index is 865. The van der Waals surface area contributed by atoms with Crippen LogP contribution >= 0.6 is 23.4 Å². The van der Waals surface area contributed by atoms with Gasteiger partial charge < -0.3 is 5.32 Å². The second-order valence-corrected chi connectivity index (χ2v) is 7.08. The predicted octanol–water partition coefficient (Wildman–Crippen LogP) is 5.09. The molecule has 0 aliphatic rings. The number of carbonyl (C=O) groups excluding carboxylic acids is 1. The first-order valence-corrected chi connectivity index (χ1v) is 9.61.